The van der Waals surface area contributed by atoms with Crippen LogP contribution in [0.3, 0.4) is 0 Å². The number of halogens is 1. The van der Waals surface area contributed by atoms with E-state index in [1.165, 1.54) is 19.2 Å². The number of nitrogens with zero attached hydrogens (tertiary/aromatic N) is 1. The Balaban J connectivity index is 1.58. The van der Waals surface area contributed by atoms with Gasteiger partial charge in [-0.2, -0.15) is 4.31 Å². The van der Waals surface area contributed by atoms with E-state index in [4.69, 9.17) is 0 Å². The van der Waals surface area contributed by atoms with Crippen LogP contribution in [0.15, 0.2) is 57.9 Å². The van der Waals surface area contributed by atoms with Crippen LogP contribution in [-0.2, 0) is 14.8 Å². The summed E-state index contributed by atoms with van der Waals surface area (Å²) in [5.74, 6) is -0.612. The first-order chi connectivity index (χ1) is 13.3. The third kappa shape index (κ3) is 5.18. The molecule has 7 nitrogen and oxygen atoms in total. The number of carbonyl (C=O) groups is 2. The topological polar surface area (TPSA) is 95.6 Å². The van der Waals surface area contributed by atoms with Gasteiger partial charge in [-0.3, -0.25) is 9.59 Å². The second kappa shape index (κ2) is 8.42. The lowest BCUT2D eigenvalue weighted by molar-refractivity contribution is -0.116. The summed E-state index contributed by atoms with van der Waals surface area (Å²) in [7, 11) is -2.42. The molecule has 1 fully saturated rings. The van der Waals surface area contributed by atoms with Crippen molar-refractivity contribution in [2.75, 3.05) is 18.9 Å². The Morgan fingerprint density at radius 3 is 2.25 bits per heavy atom. The van der Waals surface area contributed by atoms with Crippen LogP contribution in [0.5, 0.6) is 0 Å². The molecular formula is C19H20BrN3O4S. The van der Waals surface area contributed by atoms with Gasteiger partial charge in [-0.25, -0.2) is 8.42 Å². The lowest BCUT2D eigenvalue weighted by Gasteiger charge is -2.17. The first-order valence-corrected chi connectivity index (χ1v) is 10.9. The average molecular weight is 466 g/mol. The smallest absolute Gasteiger partial charge is 0.251 e. The summed E-state index contributed by atoms with van der Waals surface area (Å²) in [6, 6.07) is 12.9. The van der Waals surface area contributed by atoms with Gasteiger partial charge in [0.15, 0.2) is 0 Å². The predicted molar refractivity (Wildman–Crippen MR) is 110 cm³/mol. The molecule has 9 heteroatoms. The van der Waals surface area contributed by atoms with E-state index in [0.29, 0.717) is 11.3 Å². The lowest BCUT2D eigenvalue weighted by atomic mass is 10.2. The fourth-order valence-corrected chi connectivity index (χ4v) is 3.87. The second-order valence-electron chi connectivity index (χ2n) is 6.59. The van der Waals surface area contributed by atoms with Crippen molar-refractivity contribution in [3.05, 3.63) is 58.6 Å². The molecule has 1 saturated carbocycles. The normalized spacial score (nSPS) is 14.0. The summed E-state index contributed by atoms with van der Waals surface area (Å²) in [6.45, 7) is -0.331. The van der Waals surface area contributed by atoms with Crippen molar-refractivity contribution in [2.24, 2.45) is 0 Å². The van der Waals surface area contributed by atoms with Crippen molar-refractivity contribution in [3.8, 4) is 0 Å². The first-order valence-electron chi connectivity index (χ1n) is 8.68. The molecule has 0 radical (unpaired) electrons. The minimum absolute atomic E-state index is 0.108. The molecule has 2 aromatic rings. The van der Waals surface area contributed by atoms with E-state index in [9.17, 15) is 18.0 Å². The number of hydrogen-bond donors (Lipinski definition) is 2. The van der Waals surface area contributed by atoms with Gasteiger partial charge in [-0.05, 0) is 61.4 Å². The van der Waals surface area contributed by atoms with Gasteiger partial charge in [0.25, 0.3) is 5.91 Å². The zero-order valence-corrected chi connectivity index (χ0v) is 17.6. The molecule has 2 amide bonds. The zero-order chi connectivity index (χ0) is 20.3. The van der Waals surface area contributed by atoms with Gasteiger partial charge >= 0.3 is 0 Å². The molecule has 148 valence electrons. The predicted octanol–water partition coefficient (Wildman–Crippen LogP) is 2.60. The molecule has 1 aliphatic carbocycles. The van der Waals surface area contributed by atoms with Crippen LogP contribution in [0, 0.1) is 0 Å². The number of rotatable bonds is 7. The molecule has 0 aromatic heterocycles. The molecular weight excluding hydrogens is 446 g/mol. The number of anilines is 1. The van der Waals surface area contributed by atoms with Gasteiger partial charge in [-0.15, -0.1) is 0 Å². The Morgan fingerprint density at radius 1 is 1.07 bits per heavy atom. The molecule has 0 spiro atoms. The van der Waals surface area contributed by atoms with E-state index in [1.807, 2.05) is 0 Å². The number of benzene rings is 2. The number of likely N-dealkylation sites (N-methyl/N-ethyl adjacent to an activating group) is 1. The standard InChI is InChI=1S/C19H20BrN3O4S/c1-23(28(26,27)17-10-4-14(20)5-11-17)12-18(24)21-15-6-2-13(3-7-15)19(25)22-16-8-9-16/h2-7,10-11,16H,8-9,12H2,1H3,(H,21,24)(H,22,25). The SMILES string of the molecule is CN(CC(=O)Nc1ccc(C(=O)NC2CC2)cc1)S(=O)(=O)c1ccc(Br)cc1. The molecule has 0 saturated heterocycles. The highest BCUT2D eigenvalue weighted by atomic mass is 79.9. The first kappa shape index (κ1) is 20.5. The van der Waals surface area contributed by atoms with Crippen LogP contribution >= 0.6 is 15.9 Å². The maximum absolute atomic E-state index is 12.5. The van der Waals surface area contributed by atoms with E-state index in [-0.39, 0.29) is 23.4 Å². The Bertz CT molecular complexity index is 971. The maximum Gasteiger partial charge on any atom is 0.251 e. The number of amides is 2. The van der Waals surface area contributed by atoms with Crippen LogP contribution in [0.25, 0.3) is 0 Å². The van der Waals surface area contributed by atoms with Crippen molar-refractivity contribution in [3.63, 3.8) is 0 Å². The summed E-state index contributed by atoms with van der Waals surface area (Å²) >= 11 is 3.26. The van der Waals surface area contributed by atoms with Crippen molar-refractivity contribution < 1.29 is 18.0 Å². The Morgan fingerprint density at radius 2 is 1.68 bits per heavy atom. The Labute approximate surface area is 172 Å². The van der Waals surface area contributed by atoms with Gasteiger partial charge in [0.1, 0.15) is 0 Å². The third-order valence-electron chi connectivity index (χ3n) is 4.23. The van der Waals surface area contributed by atoms with E-state index in [0.717, 1.165) is 21.6 Å². The van der Waals surface area contributed by atoms with Gasteiger partial charge in [-0.1, -0.05) is 15.9 Å². The minimum Gasteiger partial charge on any atom is -0.349 e. The van der Waals surface area contributed by atoms with E-state index in [2.05, 4.69) is 26.6 Å². The van der Waals surface area contributed by atoms with Crippen LogP contribution in [-0.4, -0.2) is 44.2 Å². The third-order valence-corrected chi connectivity index (χ3v) is 6.58. The number of hydrogen-bond acceptors (Lipinski definition) is 4. The highest BCUT2D eigenvalue weighted by Gasteiger charge is 2.24. The van der Waals surface area contributed by atoms with Crippen LogP contribution < -0.4 is 10.6 Å². The average Bonchev–Trinajstić information content (AvgIpc) is 3.46. The number of sulfonamides is 1. The molecule has 0 heterocycles. The Kier molecular flexibility index (Phi) is 6.17. The van der Waals surface area contributed by atoms with Crippen molar-refractivity contribution in [1.82, 2.24) is 9.62 Å². The van der Waals surface area contributed by atoms with Gasteiger partial charge in [0, 0.05) is 28.8 Å². The summed E-state index contributed by atoms with van der Waals surface area (Å²) in [5.41, 5.74) is 1.00. The van der Waals surface area contributed by atoms with Crippen LogP contribution in [0.4, 0.5) is 5.69 Å². The second-order valence-corrected chi connectivity index (χ2v) is 9.55. The Hall–Kier alpha value is -2.23. The van der Waals surface area contributed by atoms with Gasteiger partial charge in [0.2, 0.25) is 15.9 Å². The van der Waals surface area contributed by atoms with Crippen molar-refractivity contribution in [2.45, 2.75) is 23.8 Å². The van der Waals surface area contributed by atoms with Gasteiger partial charge in [0.05, 0.1) is 11.4 Å². The molecule has 2 N–H and O–H groups in total. The molecule has 0 atom stereocenters. The fraction of sp³-hybridized carbons (Fsp3) is 0.263. The molecule has 0 aliphatic heterocycles. The highest BCUT2D eigenvalue weighted by molar-refractivity contribution is 9.10. The van der Waals surface area contributed by atoms with E-state index in [1.54, 1.807) is 36.4 Å². The molecule has 0 unspecified atom stereocenters. The molecule has 1 aliphatic rings. The van der Waals surface area contributed by atoms with Crippen molar-refractivity contribution in [1.29, 1.82) is 0 Å². The van der Waals surface area contributed by atoms with Crippen LogP contribution in [0.1, 0.15) is 23.2 Å². The minimum atomic E-state index is -3.77. The summed E-state index contributed by atoms with van der Waals surface area (Å²) in [4.78, 5) is 24.3. The van der Waals surface area contributed by atoms with Crippen molar-refractivity contribution >= 4 is 43.5 Å². The summed E-state index contributed by atoms with van der Waals surface area (Å²) in [6.07, 6.45) is 2.02. The van der Waals surface area contributed by atoms with Crippen LogP contribution in [0.2, 0.25) is 0 Å². The lowest BCUT2D eigenvalue weighted by Crippen LogP contribution is -2.35. The quantitative estimate of drug-likeness (QED) is 0.656. The number of carbonyl (C=O) groups excluding carboxylic acids is 2. The summed E-state index contributed by atoms with van der Waals surface area (Å²) < 4.78 is 26.8. The largest absolute Gasteiger partial charge is 0.349 e. The molecule has 28 heavy (non-hydrogen) atoms. The number of nitrogens with one attached hydrogen (secondary N) is 2. The molecule has 2 aromatic carbocycles. The van der Waals surface area contributed by atoms with E-state index < -0.39 is 15.9 Å². The highest BCUT2D eigenvalue weighted by Crippen LogP contribution is 2.20. The zero-order valence-electron chi connectivity index (χ0n) is 15.2. The van der Waals surface area contributed by atoms with Gasteiger partial charge < -0.3 is 10.6 Å². The monoisotopic (exact) mass is 465 g/mol. The maximum atomic E-state index is 12.5. The summed E-state index contributed by atoms with van der Waals surface area (Å²) in [5, 5.41) is 5.53. The molecule has 3 rings (SSSR count). The fourth-order valence-electron chi connectivity index (χ4n) is 2.48. The molecule has 0 bridgehead atoms. The van der Waals surface area contributed by atoms with E-state index >= 15 is 0 Å².